The first-order valence-electron chi connectivity index (χ1n) is 5.74. The largest absolute Gasteiger partial charge is 0.481 e. The number of carboxylic acid groups (broad SMARTS) is 1. The molecular formula is C13H17NO4. The highest BCUT2D eigenvalue weighted by molar-refractivity contribution is 5.91. The molecule has 1 aromatic carbocycles. The summed E-state index contributed by atoms with van der Waals surface area (Å²) in [5.74, 6) is -1.10. The predicted octanol–water partition coefficient (Wildman–Crippen LogP) is 1.81. The molecule has 0 radical (unpaired) electrons. The minimum Gasteiger partial charge on any atom is -0.481 e. The molecule has 0 bridgehead atoms. The summed E-state index contributed by atoms with van der Waals surface area (Å²) in [5.41, 5.74) is 1.80. The molecule has 0 aliphatic heterocycles. The Morgan fingerprint density at radius 1 is 1.39 bits per heavy atom. The van der Waals surface area contributed by atoms with Crippen LogP contribution in [-0.4, -0.2) is 30.2 Å². The van der Waals surface area contributed by atoms with Crippen LogP contribution in [0.2, 0.25) is 0 Å². The summed E-state index contributed by atoms with van der Waals surface area (Å²) >= 11 is 0. The molecule has 1 rings (SSSR count). The number of amides is 1. The zero-order valence-corrected chi connectivity index (χ0v) is 10.3. The summed E-state index contributed by atoms with van der Waals surface area (Å²) in [4.78, 5) is 21.7. The molecule has 18 heavy (non-hydrogen) atoms. The van der Waals surface area contributed by atoms with Gasteiger partial charge in [-0.3, -0.25) is 9.59 Å². The van der Waals surface area contributed by atoms with E-state index in [1.807, 2.05) is 25.1 Å². The Balaban J connectivity index is 2.20. The molecule has 1 aromatic rings. The van der Waals surface area contributed by atoms with Crippen molar-refractivity contribution in [2.24, 2.45) is 0 Å². The first-order chi connectivity index (χ1) is 8.58. The van der Waals surface area contributed by atoms with Crippen LogP contribution in [-0.2, 0) is 14.3 Å². The summed E-state index contributed by atoms with van der Waals surface area (Å²) in [6.45, 7) is 2.15. The van der Waals surface area contributed by atoms with Gasteiger partial charge in [0.05, 0.1) is 0 Å². The van der Waals surface area contributed by atoms with Gasteiger partial charge >= 0.3 is 5.97 Å². The number of carbonyl (C=O) groups is 2. The Morgan fingerprint density at radius 3 is 2.83 bits per heavy atom. The molecule has 5 heteroatoms. The molecule has 0 saturated heterocycles. The molecule has 0 aromatic heterocycles. The lowest BCUT2D eigenvalue weighted by atomic mass is 10.2. The Kier molecular flexibility index (Phi) is 5.87. The van der Waals surface area contributed by atoms with Gasteiger partial charge in [-0.25, -0.2) is 0 Å². The van der Waals surface area contributed by atoms with E-state index in [1.54, 1.807) is 6.07 Å². The molecule has 0 fully saturated rings. The second-order valence-electron chi connectivity index (χ2n) is 3.97. The maximum Gasteiger partial charge on any atom is 0.303 e. The molecule has 0 unspecified atom stereocenters. The first-order valence-corrected chi connectivity index (χ1v) is 5.74. The third-order valence-corrected chi connectivity index (χ3v) is 2.21. The van der Waals surface area contributed by atoms with E-state index in [9.17, 15) is 9.59 Å². The van der Waals surface area contributed by atoms with Crippen molar-refractivity contribution >= 4 is 17.6 Å². The van der Waals surface area contributed by atoms with Gasteiger partial charge in [-0.1, -0.05) is 12.1 Å². The van der Waals surface area contributed by atoms with Crippen LogP contribution in [0.1, 0.15) is 18.4 Å². The van der Waals surface area contributed by atoms with Crippen LogP contribution < -0.4 is 5.32 Å². The summed E-state index contributed by atoms with van der Waals surface area (Å²) in [6.07, 6.45) is 0.465. The SMILES string of the molecule is Cc1cccc(NC(=O)COCCCC(=O)O)c1. The van der Waals surface area contributed by atoms with E-state index in [1.165, 1.54) is 0 Å². The molecule has 2 N–H and O–H groups in total. The van der Waals surface area contributed by atoms with E-state index in [-0.39, 0.29) is 25.5 Å². The van der Waals surface area contributed by atoms with E-state index in [2.05, 4.69) is 5.32 Å². The van der Waals surface area contributed by atoms with Crippen LogP contribution in [0.4, 0.5) is 5.69 Å². The number of aliphatic carboxylic acids is 1. The van der Waals surface area contributed by atoms with Crippen molar-refractivity contribution in [2.75, 3.05) is 18.5 Å². The van der Waals surface area contributed by atoms with E-state index in [0.29, 0.717) is 6.42 Å². The first kappa shape index (κ1) is 14.2. The molecule has 98 valence electrons. The predicted molar refractivity (Wildman–Crippen MR) is 67.5 cm³/mol. The molecule has 0 aliphatic carbocycles. The van der Waals surface area contributed by atoms with Crippen LogP contribution in [0.3, 0.4) is 0 Å². The van der Waals surface area contributed by atoms with Crippen molar-refractivity contribution < 1.29 is 19.4 Å². The van der Waals surface area contributed by atoms with Crippen molar-refractivity contribution in [1.29, 1.82) is 0 Å². The number of carbonyl (C=O) groups excluding carboxylic acids is 1. The van der Waals surface area contributed by atoms with Gasteiger partial charge < -0.3 is 15.2 Å². The average Bonchev–Trinajstić information content (AvgIpc) is 2.28. The van der Waals surface area contributed by atoms with Crippen molar-refractivity contribution in [3.05, 3.63) is 29.8 Å². The molecule has 0 saturated carbocycles. The lowest BCUT2D eigenvalue weighted by Crippen LogP contribution is -2.18. The number of anilines is 1. The van der Waals surface area contributed by atoms with Crippen LogP contribution in [0, 0.1) is 6.92 Å². The topological polar surface area (TPSA) is 75.6 Å². The highest BCUT2D eigenvalue weighted by atomic mass is 16.5. The Morgan fingerprint density at radius 2 is 2.17 bits per heavy atom. The number of aryl methyl sites for hydroxylation is 1. The molecule has 1 amide bonds. The highest BCUT2D eigenvalue weighted by Gasteiger charge is 2.03. The second kappa shape index (κ2) is 7.45. The number of rotatable bonds is 7. The number of hydrogen-bond donors (Lipinski definition) is 2. The zero-order valence-electron chi connectivity index (χ0n) is 10.3. The summed E-state index contributed by atoms with van der Waals surface area (Å²) in [7, 11) is 0. The smallest absolute Gasteiger partial charge is 0.303 e. The van der Waals surface area contributed by atoms with Gasteiger partial charge in [-0.15, -0.1) is 0 Å². The molecule has 0 aliphatic rings. The fourth-order valence-corrected chi connectivity index (χ4v) is 1.41. The fraction of sp³-hybridized carbons (Fsp3) is 0.385. The standard InChI is InChI=1S/C13H17NO4/c1-10-4-2-5-11(8-10)14-12(15)9-18-7-3-6-13(16)17/h2,4-5,8H,3,6-7,9H2,1H3,(H,14,15)(H,16,17). The van der Waals surface area contributed by atoms with Crippen LogP contribution in [0.25, 0.3) is 0 Å². The van der Waals surface area contributed by atoms with E-state index in [0.717, 1.165) is 11.3 Å². The maximum absolute atomic E-state index is 11.5. The molecule has 0 heterocycles. The molecular weight excluding hydrogens is 234 g/mol. The lowest BCUT2D eigenvalue weighted by Gasteiger charge is -2.06. The molecule has 5 nitrogen and oxygen atoms in total. The number of nitrogens with one attached hydrogen (secondary N) is 1. The van der Waals surface area contributed by atoms with Crippen molar-refractivity contribution in [3.8, 4) is 0 Å². The molecule has 0 spiro atoms. The normalized spacial score (nSPS) is 10.1. The number of hydrogen-bond acceptors (Lipinski definition) is 3. The van der Waals surface area contributed by atoms with Gasteiger partial charge in [0, 0.05) is 18.7 Å². The van der Waals surface area contributed by atoms with Gasteiger partial charge in [0.25, 0.3) is 0 Å². The Labute approximate surface area is 106 Å². The zero-order chi connectivity index (χ0) is 13.4. The van der Waals surface area contributed by atoms with Crippen molar-refractivity contribution in [3.63, 3.8) is 0 Å². The number of carboxylic acids is 1. The lowest BCUT2D eigenvalue weighted by molar-refractivity contribution is -0.137. The summed E-state index contributed by atoms with van der Waals surface area (Å²) in [5, 5.41) is 11.1. The minimum absolute atomic E-state index is 0.0551. The maximum atomic E-state index is 11.5. The third kappa shape index (κ3) is 6.00. The summed E-state index contributed by atoms with van der Waals surface area (Å²) in [6, 6.07) is 7.47. The van der Waals surface area contributed by atoms with Crippen molar-refractivity contribution in [1.82, 2.24) is 0 Å². The Bertz CT molecular complexity index is 417. The quantitative estimate of drug-likeness (QED) is 0.725. The van der Waals surface area contributed by atoms with Gasteiger partial charge in [0.1, 0.15) is 6.61 Å². The Hall–Kier alpha value is -1.88. The van der Waals surface area contributed by atoms with E-state index in [4.69, 9.17) is 9.84 Å². The third-order valence-electron chi connectivity index (χ3n) is 2.21. The number of ether oxygens (including phenoxy) is 1. The van der Waals surface area contributed by atoms with Gasteiger partial charge in [-0.2, -0.15) is 0 Å². The monoisotopic (exact) mass is 251 g/mol. The highest BCUT2D eigenvalue weighted by Crippen LogP contribution is 2.09. The van der Waals surface area contributed by atoms with Crippen molar-refractivity contribution in [2.45, 2.75) is 19.8 Å². The van der Waals surface area contributed by atoms with Gasteiger partial charge in [-0.05, 0) is 31.0 Å². The second-order valence-corrected chi connectivity index (χ2v) is 3.97. The van der Waals surface area contributed by atoms with Crippen LogP contribution in [0.15, 0.2) is 24.3 Å². The van der Waals surface area contributed by atoms with E-state index < -0.39 is 5.97 Å². The van der Waals surface area contributed by atoms with Gasteiger partial charge in [0.15, 0.2) is 0 Å². The van der Waals surface area contributed by atoms with Crippen LogP contribution in [0.5, 0.6) is 0 Å². The molecule has 0 atom stereocenters. The van der Waals surface area contributed by atoms with E-state index >= 15 is 0 Å². The average molecular weight is 251 g/mol. The fourth-order valence-electron chi connectivity index (χ4n) is 1.41. The van der Waals surface area contributed by atoms with Crippen LogP contribution >= 0.6 is 0 Å². The summed E-state index contributed by atoms with van der Waals surface area (Å²) < 4.78 is 5.07. The van der Waals surface area contributed by atoms with Gasteiger partial charge in [0.2, 0.25) is 5.91 Å². The number of benzene rings is 1. The minimum atomic E-state index is -0.859.